The molecule has 0 aliphatic heterocycles. The van der Waals surface area contributed by atoms with Crippen LogP contribution < -0.4 is 0 Å². The summed E-state index contributed by atoms with van der Waals surface area (Å²) in [6, 6.07) is 0. The van der Waals surface area contributed by atoms with Crippen LogP contribution in [0.2, 0.25) is 0 Å². The Balaban J connectivity index is 1.44. The van der Waals surface area contributed by atoms with Crippen molar-refractivity contribution in [2.45, 2.75) is 129 Å². The van der Waals surface area contributed by atoms with Gasteiger partial charge in [0.05, 0.1) is 0 Å². The summed E-state index contributed by atoms with van der Waals surface area (Å²) in [5.74, 6) is -11.7. The second kappa shape index (κ2) is 10.8. The molecular formula is C31H45F7O2. The van der Waals surface area contributed by atoms with Crippen LogP contribution in [0.4, 0.5) is 30.7 Å². The average Bonchev–Trinajstić information content (AvgIpc) is 3.20. The Morgan fingerprint density at radius 1 is 0.950 bits per heavy atom. The number of alkyl halides is 7. The third-order valence-electron chi connectivity index (χ3n) is 11.5. The summed E-state index contributed by atoms with van der Waals surface area (Å²) >= 11 is 0. The van der Waals surface area contributed by atoms with Gasteiger partial charge in [0.25, 0.3) is 0 Å². The molecule has 0 aromatic rings. The van der Waals surface area contributed by atoms with E-state index in [1.165, 1.54) is 32.1 Å². The van der Waals surface area contributed by atoms with Crippen LogP contribution in [0.15, 0.2) is 11.6 Å². The lowest BCUT2D eigenvalue weighted by atomic mass is 9.47. The molecule has 0 amide bonds. The molecule has 0 N–H and O–H groups in total. The average molecular weight is 583 g/mol. The second-order valence-corrected chi connectivity index (χ2v) is 14.2. The zero-order valence-electron chi connectivity index (χ0n) is 24.4. The lowest BCUT2D eigenvalue weighted by molar-refractivity contribution is -0.349. The predicted octanol–water partition coefficient (Wildman–Crippen LogP) is 9.77. The third kappa shape index (κ3) is 5.22. The molecule has 40 heavy (non-hydrogen) atoms. The Morgan fingerprint density at radius 3 is 2.25 bits per heavy atom. The molecule has 8 atom stereocenters. The number of hydrogen-bond donors (Lipinski definition) is 0. The van der Waals surface area contributed by atoms with Gasteiger partial charge in [-0.1, -0.05) is 65.5 Å². The van der Waals surface area contributed by atoms with E-state index < -0.39 is 30.1 Å². The van der Waals surface area contributed by atoms with Crippen LogP contribution in [0.5, 0.6) is 0 Å². The van der Waals surface area contributed by atoms with Gasteiger partial charge in [-0.2, -0.15) is 30.7 Å². The quantitative estimate of drug-likeness (QED) is 0.162. The first-order chi connectivity index (χ1) is 18.4. The van der Waals surface area contributed by atoms with E-state index in [1.54, 1.807) is 0 Å². The minimum Gasteiger partial charge on any atom is -0.457 e. The van der Waals surface area contributed by atoms with E-state index >= 15 is 0 Å². The Morgan fingerprint density at radius 2 is 1.62 bits per heavy atom. The molecule has 0 aromatic heterocycles. The molecule has 3 saturated carbocycles. The van der Waals surface area contributed by atoms with Gasteiger partial charge in [-0.3, -0.25) is 0 Å². The second-order valence-electron chi connectivity index (χ2n) is 14.2. The van der Waals surface area contributed by atoms with Crippen LogP contribution in [0, 0.1) is 46.3 Å². The normalized spacial score (nSPS) is 37.3. The lowest BCUT2D eigenvalue weighted by Crippen LogP contribution is -2.57. The smallest absolute Gasteiger partial charge is 0.457 e. The lowest BCUT2D eigenvalue weighted by Gasteiger charge is -2.58. The summed E-state index contributed by atoms with van der Waals surface area (Å²) in [6.45, 7) is 11.6. The fourth-order valence-electron chi connectivity index (χ4n) is 9.28. The molecule has 4 aliphatic carbocycles. The van der Waals surface area contributed by atoms with Crippen molar-refractivity contribution < 1.29 is 40.3 Å². The largest absolute Gasteiger partial charge is 0.460 e. The number of esters is 1. The van der Waals surface area contributed by atoms with Crippen molar-refractivity contribution in [3.05, 3.63) is 11.6 Å². The Labute approximate surface area is 233 Å². The van der Waals surface area contributed by atoms with E-state index in [-0.39, 0.29) is 18.3 Å². The van der Waals surface area contributed by atoms with Gasteiger partial charge < -0.3 is 4.74 Å². The number of halogens is 7. The fraction of sp³-hybridized carbons (Fsp3) is 0.903. The van der Waals surface area contributed by atoms with Crippen molar-refractivity contribution in [1.29, 1.82) is 0 Å². The molecule has 4 rings (SSSR count). The predicted molar refractivity (Wildman–Crippen MR) is 139 cm³/mol. The molecule has 0 heterocycles. The molecule has 3 fully saturated rings. The number of carbonyl (C=O) groups is 1. The Hall–Kier alpha value is -1.28. The molecule has 4 aliphatic rings. The molecule has 0 aromatic carbocycles. The van der Waals surface area contributed by atoms with E-state index in [4.69, 9.17) is 0 Å². The van der Waals surface area contributed by atoms with Crippen LogP contribution >= 0.6 is 0 Å². The summed E-state index contributed by atoms with van der Waals surface area (Å²) in [4.78, 5) is 11.9. The Kier molecular flexibility index (Phi) is 8.52. The number of allylic oxidation sites excluding steroid dienone is 1. The number of fused-ring (bicyclic) bond motifs is 5. The van der Waals surface area contributed by atoms with Gasteiger partial charge in [-0.25, -0.2) is 4.79 Å². The van der Waals surface area contributed by atoms with Crippen LogP contribution in [-0.4, -0.2) is 30.1 Å². The van der Waals surface area contributed by atoms with Crippen molar-refractivity contribution in [3.63, 3.8) is 0 Å². The van der Waals surface area contributed by atoms with Crippen molar-refractivity contribution in [3.8, 4) is 0 Å². The summed E-state index contributed by atoms with van der Waals surface area (Å²) < 4.78 is 96.6. The van der Waals surface area contributed by atoms with Gasteiger partial charge in [-0.05, 0) is 91.3 Å². The van der Waals surface area contributed by atoms with Crippen molar-refractivity contribution in [2.24, 2.45) is 46.3 Å². The van der Waals surface area contributed by atoms with Crippen molar-refractivity contribution in [1.82, 2.24) is 0 Å². The molecular weight excluding hydrogens is 537 g/mol. The number of rotatable bonds is 8. The summed E-state index contributed by atoms with van der Waals surface area (Å²) in [5.41, 5.74) is 1.04. The van der Waals surface area contributed by atoms with Gasteiger partial charge in [-0.15, -0.1) is 0 Å². The molecule has 0 spiro atoms. The maximum Gasteiger partial charge on any atom is 0.460 e. The SMILES string of the molecule is CC(C)CCC[C@@H](C)C1CCC2C3CC=C4C[C@@H](OC(=O)C(F)(F)C(F)(F)C(F)(F)F)CC[C@]4(C)C3CC[C@@]21C. The van der Waals surface area contributed by atoms with Gasteiger partial charge in [0.15, 0.2) is 0 Å². The Bertz CT molecular complexity index is 973. The maximum atomic E-state index is 13.9. The first-order valence-corrected chi connectivity index (χ1v) is 15.1. The van der Waals surface area contributed by atoms with Crippen LogP contribution in [-0.2, 0) is 9.53 Å². The van der Waals surface area contributed by atoms with Gasteiger partial charge >= 0.3 is 24.0 Å². The molecule has 0 radical (unpaired) electrons. The standard InChI is InChI=1S/C31H45F7O2/c1-18(2)7-6-8-19(3)23-11-12-24-22-10-9-20-17-21(13-15-27(20,4)25(22)14-16-28(23,24)5)40-26(39)29(32,33)30(34,35)31(36,37)38/h9,18-19,21-25H,6-8,10-17H2,1-5H3/t19-,21+,22?,23?,24?,25?,27+,28-/m1/s1. The van der Waals surface area contributed by atoms with Crippen molar-refractivity contribution in [2.75, 3.05) is 0 Å². The van der Waals surface area contributed by atoms with E-state index in [2.05, 4.69) is 45.4 Å². The minimum absolute atomic E-state index is 0.0938. The van der Waals surface area contributed by atoms with Crippen LogP contribution in [0.25, 0.3) is 0 Å². The number of carbonyl (C=O) groups excluding carboxylic acids is 1. The maximum absolute atomic E-state index is 13.9. The summed E-state index contributed by atoms with van der Waals surface area (Å²) in [5, 5.41) is 0. The number of ether oxygens (including phenoxy) is 1. The highest BCUT2D eigenvalue weighted by Gasteiger charge is 2.77. The highest BCUT2D eigenvalue weighted by molar-refractivity contribution is 5.79. The minimum atomic E-state index is -6.57. The van der Waals surface area contributed by atoms with E-state index in [0.717, 1.165) is 30.8 Å². The molecule has 2 nitrogen and oxygen atoms in total. The molecule has 230 valence electrons. The van der Waals surface area contributed by atoms with E-state index in [1.807, 2.05) is 0 Å². The van der Waals surface area contributed by atoms with E-state index in [9.17, 15) is 35.5 Å². The summed E-state index contributed by atoms with van der Waals surface area (Å²) in [7, 11) is 0. The molecule has 9 heteroatoms. The van der Waals surface area contributed by atoms with Crippen LogP contribution in [0.3, 0.4) is 0 Å². The van der Waals surface area contributed by atoms with Crippen molar-refractivity contribution >= 4 is 5.97 Å². The zero-order valence-corrected chi connectivity index (χ0v) is 24.4. The summed E-state index contributed by atoms with van der Waals surface area (Å²) in [6.07, 6.45) is 4.45. The number of hydrogen-bond acceptors (Lipinski definition) is 2. The first kappa shape index (κ1) is 31.7. The fourth-order valence-corrected chi connectivity index (χ4v) is 9.28. The highest BCUT2D eigenvalue weighted by atomic mass is 19.4. The van der Waals surface area contributed by atoms with Gasteiger partial charge in [0, 0.05) is 6.42 Å². The van der Waals surface area contributed by atoms with Crippen LogP contribution in [0.1, 0.15) is 105 Å². The first-order valence-electron chi connectivity index (χ1n) is 15.1. The van der Waals surface area contributed by atoms with E-state index in [0.29, 0.717) is 41.4 Å². The highest BCUT2D eigenvalue weighted by Crippen LogP contribution is 2.67. The van der Waals surface area contributed by atoms with Gasteiger partial charge in [0.1, 0.15) is 6.10 Å². The molecule has 0 saturated heterocycles. The zero-order chi connectivity index (χ0) is 29.9. The topological polar surface area (TPSA) is 26.3 Å². The molecule has 0 bridgehead atoms. The monoisotopic (exact) mass is 582 g/mol. The molecule has 4 unspecified atom stereocenters. The van der Waals surface area contributed by atoms with Gasteiger partial charge in [0.2, 0.25) is 0 Å². The third-order valence-corrected chi connectivity index (χ3v) is 11.5.